The molecule has 6 heteroatoms. The van der Waals surface area contributed by atoms with Gasteiger partial charge in [0.05, 0.1) is 0 Å². The lowest BCUT2D eigenvalue weighted by molar-refractivity contribution is -0.117. The van der Waals surface area contributed by atoms with Gasteiger partial charge in [0.2, 0.25) is 5.91 Å². The molecular formula is C10H12BNO3S. The predicted molar refractivity (Wildman–Crippen MR) is 66.0 cm³/mol. The molecular weight excluding hydrogens is 225 g/mol. The van der Waals surface area contributed by atoms with Gasteiger partial charge in [0.15, 0.2) is 0 Å². The van der Waals surface area contributed by atoms with Crippen LogP contribution < -0.4 is 10.4 Å². The van der Waals surface area contributed by atoms with E-state index in [4.69, 9.17) is 10.0 Å². The SMILES string of the molecule is O=C1CC(S)CN1c1cccc(B(O)O)c1. The monoisotopic (exact) mass is 237 g/mol. The number of amides is 1. The average molecular weight is 237 g/mol. The van der Waals surface area contributed by atoms with Crippen molar-refractivity contribution in [2.45, 2.75) is 11.7 Å². The van der Waals surface area contributed by atoms with Crippen LogP contribution in [-0.2, 0) is 4.79 Å². The van der Waals surface area contributed by atoms with E-state index in [1.807, 2.05) is 0 Å². The van der Waals surface area contributed by atoms with E-state index in [0.717, 1.165) is 0 Å². The van der Waals surface area contributed by atoms with Crippen molar-refractivity contribution in [3.8, 4) is 0 Å². The standard InChI is InChI=1S/C10H12BNO3S/c13-10-5-9(16)6-12(10)8-3-1-2-7(4-8)11(14)15/h1-4,9,14-16H,5-6H2. The van der Waals surface area contributed by atoms with Crippen LogP contribution in [0.25, 0.3) is 0 Å². The van der Waals surface area contributed by atoms with Crippen molar-refractivity contribution in [1.29, 1.82) is 0 Å². The van der Waals surface area contributed by atoms with Crippen LogP contribution in [0, 0.1) is 0 Å². The minimum Gasteiger partial charge on any atom is -0.423 e. The molecule has 1 amide bonds. The van der Waals surface area contributed by atoms with Gasteiger partial charge in [0.1, 0.15) is 0 Å². The van der Waals surface area contributed by atoms with Gasteiger partial charge < -0.3 is 14.9 Å². The first-order chi connectivity index (χ1) is 7.58. The van der Waals surface area contributed by atoms with Crippen LogP contribution >= 0.6 is 12.6 Å². The fourth-order valence-corrected chi connectivity index (χ4v) is 2.11. The Labute approximate surface area is 99.4 Å². The summed E-state index contributed by atoms with van der Waals surface area (Å²) in [7, 11) is -1.51. The van der Waals surface area contributed by atoms with Crippen LogP contribution in [0.15, 0.2) is 24.3 Å². The largest absolute Gasteiger partial charge is 0.488 e. The van der Waals surface area contributed by atoms with Gasteiger partial charge in [-0.2, -0.15) is 12.6 Å². The Morgan fingerprint density at radius 3 is 2.75 bits per heavy atom. The van der Waals surface area contributed by atoms with Gasteiger partial charge in [-0.25, -0.2) is 0 Å². The molecule has 1 saturated heterocycles. The molecule has 4 nitrogen and oxygen atoms in total. The summed E-state index contributed by atoms with van der Waals surface area (Å²) in [6, 6.07) is 6.68. The van der Waals surface area contributed by atoms with Crippen molar-refractivity contribution in [3.05, 3.63) is 24.3 Å². The molecule has 1 unspecified atom stereocenters. The first-order valence-electron chi connectivity index (χ1n) is 5.02. The lowest BCUT2D eigenvalue weighted by Crippen LogP contribution is -2.32. The summed E-state index contributed by atoms with van der Waals surface area (Å²) in [5, 5.41) is 18.1. The topological polar surface area (TPSA) is 60.8 Å². The van der Waals surface area contributed by atoms with Gasteiger partial charge >= 0.3 is 7.12 Å². The zero-order chi connectivity index (χ0) is 11.7. The molecule has 16 heavy (non-hydrogen) atoms. The number of hydrogen-bond acceptors (Lipinski definition) is 4. The summed E-state index contributed by atoms with van der Waals surface area (Å²) < 4.78 is 0. The Hall–Kier alpha value is -0.975. The molecule has 1 atom stereocenters. The average Bonchev–Trinajstić information content (AvgIpc) is 2.58. The molecule has 0 aromatic heterocycles. The third kappa shape index (κ3) is 2.24. The number of hydrogen-bond donors (Lipinski definition) is 3. The van der Waals surface area contributed by atoms with Crippen molar-refractivity contribution in [1.82, 2.24) is 0 Å². The summed E-state index contributed by atoms with van der Waals surface area (Å²) in [5.74, 6) is 0.0181. The number of carbonyl (C=O) groups excluding carboxylic acids is 1. The van der Waals surface area contributed by atoms with Gasteiger partial charge in [0, 0.05) is 23.9 Å². The number of thiol groups is 1. The normalized spacial score (nSPS) is 20.3. The molecule has 0 spiro atoms. The maximum Gasteiger partial charge on any atom is 0.488 e. The van der Waals surface area contributed by atoms with Crippen LogP contribution in [0.4, 0.5) is 5.69 Å². The van der Waals surface area contributed by atoms with E-state index < -0.39 is 7.12 Å². The van der Waals surface area contributed by atoms with E-state index in [1.54, 1.807) is 29.2 Å². The maximum absolute atomic E-state index is 11.6. The molecule has 1 aromatic carbocycles. The molecule has 1 fully saturated rings. The van der Waals surface area contributed by atoms with E-state index >= 15 is 0 Å². The van der Waals surface area contributed by atoms with Crippen molar-refractivity contribution in [2.24, 2.45) is 0 Å². The van der Waals surface area contributed by atoms with Gasteiger partial charge in [-0.1, -0.05) is 12.1 Å². The van der Waals surface area contributed by atoms with Gasteiger partial charge in [-0.3, -0.25) is 4.79 Å². The van der Waals surface area contributed by atoms with Crippen LogP contribution in [0.5, 0.6) is 0 Å². The second-order valence-corrected chi connectivity index (χ2v) is 4.56. The molecule has 0 saturated carbocycles. The number of benzene rings is 1. The summed E-state index contributed by atoms with van der Waals surface area (Å²) in [4.78, 5) is 13.2. The Bertz CT molecular complexity index is 413. The number of anilines is 1. The number of rotatable bonds is 2. The van der Waals surface area contributed by atoms with Gasteiger partial charge in [-0.05, 0) is 17.6 Å². The molecule has 0 radical (unpaired) electrons. The van der Waals surface area contributed by atoms with E-state index in [1.165, 1.54) is 0 Å². The highest BCUT2D eigenvalue weighted by atomic mass is 32.1. The number of carbonyl (C=O) groups is 1. The first-order valence-corrected chi connectivity index (χ1v) is 5.54. The number of nitrogens with zero attached hydrogens (tertiary/aromatic N) is 1. The highest BCUT2D eigenvalue weighted by molar-refractivity contribution is 7.81. The highest BCUT2D eigenvalue weighted by Crippen LogP contribution is 2.22. The van der Waals surface area contributed by atoms with Crippen LogP contribution in [-0.4, -0.2) is 34.9 Å². The third-order valence-electron chi connectivity index (χ3n) is 2.58. The Balaban J connectivity index is 2.27. The summed E-state index contributed by atoms with van der Waals surface area (Å²) in [6.07, 6.45) is 0.426. The third-order valence-corrected chi connectivity index (χ3v) is 2.93. The van der Waals surface area contributed by atoms with E-state index in [-0.39, 0.29) is 11.2 Å². The summed E-state index contributed by atoms with van der Waals surface area (Å²) >= 11 is 4.27. The molecule has 1 aliphatic rings. The maximum atomic E-state index is 11.6. The van der Waals surface area contributed by atoms with Crippen molar-refractivity contribution in [3.63, 3.8) is 0 Å². The molecule has 0 aliphatic carbocycles. The van der Waals surface area contributed by atoms with Gasteiger partial charge in [0.25, 0.3) is 0 Å². The molecule has 84 valence electrons. The lowest BCUT2D eigenvalue weighted by atomic mass is 9.80. The molecule has 0 bridgehead atoms. The van der Waals surface area contributed by atoms with Crippen LogP contribution in [0.1, 0.15) is 6.42 Å². The van der Waals surface area contributed by atoms with Crippen LogP contribution in [0.2, 0.25) is 0 Å². The van der Waals surface area contributed by atoms with Crippen molar-refractivity contribution in [2.75, 3.05) is 11.4 Å². The molecule has 2 rings (SSSR count). The Morgan fingerprint density at radius 2 is 2.19 bits per heavy atom. The summed E-state index contributed by atoms with van der Waals surface area (Å²) in [5.41, 5.74) is 1.07. The fraction of sp³-hybridized carbons (Fsp3) is 0.300. The zero-order valence-corrected chi connectivity index (χ0v) is 9.47. The fourth-order valence-electron chi connectivity index (χ4n) is 1.79. The van der Waals surface area contributed by atoms with Crippen LogP contribution in [0.3, 0.4) is 0 Å². The zero-order valence-electron chi connectivity index (χ0n) is 8.58. The lowest BCUT2D eigenvalue weighted by Gasteiger charge is -2.16. The molecule has 1 aromatic rings. The Kier molecular flexibility index (Phi) is 3.23. The highest BCUT2D eigenvalue weighted by Gasteiger charge is 2.28. The van der Waals surface area contributed by atoms with E-state index in [2.05, 4.69) is 12.6 Å². The van der Waals surface area contributed by atoms with E-state index in [9.17, 15) is 4.79 Å². The smallest absolute Gasteiger partial charge is 0.423 e. The van der Waals surface area contributed by atoms with Gasteiger partial charge in [-0.15, -0.1) is 0 Å². The Morgan fingerprint density at radius 1 is 1.44 bits per heavy atom. The van der Waals surface area contributed by atoms with Crippen molar-refractivity contribution >= 4 is 36.8 Å². The minimum absolute atomic E-state index is 0.0181. The van der Waals surface area contributed by atoms with E-state index in [0.29, 0.717) is 24.1 Å². The second kappa shape index (κ2) is 4.49. The molecule has 1 heterocycles. The molecule has 2 N–H and O–H groups in total. The van der Waals surface area contributed by atoms with Crippen molar-refractivity contribution < 1.29 is 14.8 Å². The first kappa shape index (κ1) is 11.5. The minimum atomic E-state index is -1.51. The second-order valence-electron chi connectivity index (χ2n) is 3.83. The predicted octanol–water partition coefficient (Wildman–Crippen LogP) is -0.599. The quantitative estimate of drug-likeness (QED) is 0.475. The summed E-state index contributed by atoms with van der Waals surface area (Å²) in [6.45, 7) is 0.562. The molecule has 1 aliphatic heterocycles.